The Morgan fingerprint density at radius 1 is 1.03 bits per heavy atom. The molecule has 1 saturated carbocycles. The second-order valence-corrected chi connectivity index (χ2v) is 10.1. The summed E-state index contributed by atoms with van der Waals surface area (Å²) in [6.45, 7) is 4.74. The van der Waals surface area contributed by atoms with Gasteiger partial charge in [-0.25, -0.2) is 14.6 Å². The zero-order chi connectivity index (χ0) is 26.8. The van der Waals surface area contributed by atoms with Crippen LogP contribution in [-0.4, -0.2) is 31.8 Å². The van der Waals surface area contributed by atoms with Crippen molar-refractivity contribution in [2.75, 3.05) is 7.11 Å². The van der Waals surface area contributed by atoms with Crippen LogP contribution in [0.3, 0.4) is 0 Å². The molecule has 1 aliphatic carbocycles. The number of fused-ring (bicyclic) bond motifs is 1. The number of methoxy groups -OCH3 is 1. The van der Waals surface area contributed by atoms with Crippen molar-refractivity contribution in [3.8, 4) is 0 Å². The Bertz CT molecular complexity index is 1560. The molecule has 2 aromatic heterocycles. The van der Waals surface area contributed by atoms with Crippen LogP contribution in [0.1, 0.15) is 85.2 Å². The van der Waals surface area contributed by atoms with Gasteiger partial charge in [0, 0.05) is 19.0 Å². The molecule has 0 spiro atoms. The van der Waals surface area contributed by atoms with Gasteiger partial charge < -0.3 is 9.30 Å². The third-order valence-electron chi connectivity index (χ3n) is 7.64. The predicted octanol–water partition coefficient (Wildman–Crippen LogP) is 4.87. The third-order valence-corrected chi connectivity index (χ3v) is 7.64. The normalized spacial score (nSPS) is 14.7. The molecule has 8 nitrogen and oxygen atoms in total. The summed E-state index contributed by atoms with van der Waals surface area (Å²) >= 11 is 0. The molecule has 8 heteroatoms. The van der Waals surface area contributed by atoms with E-state index >= 15 is 0 Å². The summed E-state index contributed by atoms with van der Waals surface area (Å²) in [6.07, 6.45) is 4.97. The van der Waals surface area contributed by atoms with E-state index in [1.54, 1.807) is 16.7 Å². The molecule has 4 aromatic rings. The Morgan fingerprint density at radius 2 is 1.71 bits per heavy atom. The second kappa shape index (κ2) is 10.8. The van der Waals surface area contributed by atoms with E-state index in [0.29, 0.717) is 36.2 Å². The summed E-state index contributed by atoms with van der Waals surface area (Å²) in [4.78, 5) is 44.7. The molecule has 38 heavy (non-hydrogen) atoms. The number of ether oxygens (including phenoxy) is 1. The predicted molar refractivity (Wildman–Crippen MR) is 147 cm³/mol. The monoisotopic (exact) mass is 514 g/mol. The van der Waals surface area contributed by atoms with Crippen molar-refractivity contribution in [2.24, 2.45) is 0 Å². The van der Waals surface area contributed by atoms with Crippen LogP contribution in [0.15, 0.2) is 64.2 Å². The topological polar surface area (TPSA) is 88.1 Å². The van der Waals surface area contributed by atoms with Gasteiger partial charge in [-0.1, -0.05) is 62.2 Å². The molecule has 0 bridgehead atoms. The third kappa shape index (κ3) is 4.59. The number of nitrogens with zero attached hydrogens (tertiary/aromatic N) is 4. The van der Waals surface area contributed by atoms with Gasteiger partial charge in [-0.3, -0.25) is 13.9 Å². The second-order valence-electron chi connectivity index (χ2n) is 10.1. The lowest BCUT2D eigenvalue weighted by Gasteiger charge is -2.19. The van der Waals surface area contributed by atoms with Crippen molar-refractivity contribution in [2.45, 2.75) is 71.0 Å². The molecule has 1 atom stereocenters. The summed E-state index contributed by atoms with van der Waals surface area (Å²) in [5.74, 6) is 0.721. The summed E-state index contributed by atoms with van der Waals surface area (Å²) in [6, 6.07) is 16.7. The van der Waals surface area contributed by atoms with Gasteiger partial charge in [-0.2, -0.15) is 0 Å². The van der Waals surface area contributed by atoms with E-state index in [4.69, 9.17) is 9.72 Å². The van der Waals surface area contributed by atoms with Gasteiger partial charge in [0.2, 0.25) is 0 Å². The SMILES string of the molecule is CCCn1c(=O)c2c(nc(C3CCCC3)n2Cc2ccccc2)n(C(C)c2ccc(C(=O)OC)cc2)c1=O. The van der Waals surface area contributed by atoms with Crippen LogP contribution in [0.4, 0.5) is 0 Å². The maximum Gasteiger partial charge on any atom is 0.337 e. The molecule has 198 valence electrons. The molecule has 1 fully saturated rings. The van der Waals surface area contributed by atoms with Gasteiger partial charge in [0.25, 0.3) is 5.56 Å². The number of rotatable bonds is 8. The Hall–Kier alpha value is -3.94. The summed E-state index contributed by atoms with van der Waals surface area (Å²) in [5, 5.41) is 0. The first kappa shape index (κ1) is 25.7. The average molecular weight is 515 g/mol. The molecule has 2 aromatic carbocycles. The highest BCUT2D eigenvalue weighted by molar-refractivity contribution is 5.89. The lowest BCUT2D eigenvalue weighted by Crippen LogP contribution is -2.41. The largest absolute Gasteiger partial charge is 0.465 e. The fourth-order valence-electron chi connectivity index (χ4n) is 5.63. The van der Waals surface area contributed by atoms with Gasteiger partial charge in [0.15, 0.2) is 11.2 Å². The first-order valence-electron chi connectivity index (χ1n) is 13.4. The van der Waals surface area contributed by atoms with Crippen molar-refractivity contribution in [1.29, 1.82) is 0 Å². The molecule has 1 aliphatic rings. The summed E-state index contributed by atoms with van der Waals surface area (Å²) < 4.78 is 9.88. The Morgan fingerprint density at radius 3 is 2.34 bits per heavy atom. The highest BCUT2D eigenvalue weighted by Crippen LogP contribution is 2.35. The van der Waals surface area contributed by atoms with Gasteiger partial charge in [-0.15, -0.1) is 0 Å². The minimum Gasteiger partial charge on any atom is -0.465 e. The molecule has 5 rings (SSSR count). The van der Waals surface area contributed by atoms with Gasteiger partial charge >= 0.3 is 11.7 Å². The number of carbonyl (C=O) groups excluding carboxylic acids is 1. The number of aromatic nitrogens is 4. The first-order valence-corrected chi connectivity index (χ1v) is 13.4. The van der Waals surface area contributed by atoms with Crippen molar-refractivity contribution in [1.82, 2.24) is 18.7 Å². The van der Waals surface area contributed by atoms with E-state index in [-0.39, 0.29) is 17.2 Å². The zero-order valence-electron chi connectivity index (χ0n) is 22.2. The number of esters is 1. The molecule has 0 aliphatic heterocycles. The van der Waals surface area contributed by atoms with Crippen LogP contribution in [0, 0.1) is 0 Å². The van der Waals surface area contributed by atoms with Crippen LogP contribution < -0.4 is 11.2 Å². The zero-order valence-corrected chi connectivity index (χ0v) is 22.2. The van der Waals surface area contributed by atoms with Crippen LogP contribution in [0.2, 0.25) is 0 Å². The van der Waals surface area contributed by atoms with Crippen molar-refractivity contribution in [3.05, 3.63) is 98.0 Å². The fraction of sp³-hybridized carbons (Fsp3) is 0.400. The molecule has 0 saturated heterocycles. The molecular weight excluding hydrogens is 480 g/mol. The molecular formula is C30H34N4O4. The van der Waals surface area contributed by atoms with Crippen molar-refractivity contribution < 1.29 is 9.53 Å². The molecule has 0 N–H and O–H groups in total. The minimum absolute atomic E-state index is 0.253. The maximum absolute atomic E-state index is 13.9. The first-order chi connectivity index (χ1) is 18.4. The van der Waals surface area contributed by atoms with Crippen LogP contribution >= 0.6 is 0 Å². The molecule has 0 radical (unpaired) electrons. The lowest BCUT2D eigenvalue weighted by molar-refractivity contribution is 0.0600. The van der Waals surface area contributed by atoms with Crippen LogP contribution in [-0.2, 0) is 17.8 Å². The van der Waals surface area contributed by atoms with Crippen LogP contribution in [0.25, 0.3) is 11.2 Å². The highest BCUT2D eigenvalue weighted by atomic mass is 16.5. The Labute approximate surface area is 221 Å². The van der Waals surface area contributed by atoms with Crippen molar-refractivity contribution in [3.63, 3.8) is 0 Å². The van der Waals surface area contributed by atoms with Gasteiger partial charge in [0.1, 0.15) is 5.82 Å². The van der Waals surface area contributed by atoms with E-state index in [0.717, 1.165) is 42.6 Å². The van der Waals surface area contributed by atoms with E-state index in [2.05, 4.69) is 16.7 Å². The van der Waals surface area contributed by atoms with E-state index in [1.807, 2.05) is 44.2 Å². The lowest BCUT2D eigenvalue weighted by atomic mass is 10.1. The van der Waals surface area contributed by atoms with Gasteiger partial charge in [-0.05, 0) is 49.4 Å². The van der Waals surface area contributed by atoms with E-state index < -0.39 is 12.0 Å². The van der Waals surface area contributed by atoms with E-state index in [9.17, 15) is 14.4 Å². The number of imidazole rings is 1. The molecule has 0 amide bonds. The summed E-state index contributed by atoms with van der Waals surface area (Å²) in [7, 11) is 1.35. The average Bonchev–Trinajstić information content (AvgIpc) is 3.60. The number of hydrogen-bond donors (Lipinski definition) is 0. The quantitative estimate of drug-likeness (QED) is 0.313. The van der Waals surface area contributed by atoms with Crippen LogP contribution in [0.5, 0.6) is 0 Å². The Balaban J connectivity index is 1.75. The standard InChI is InChI=1S/C30H34N4O4/c1-4-18-32-28(35)25-27(34(30(32)37)20(2)22-14-16-24(17-15-22)29(36)38-3)31-26(23-12-8-9-13-23)33(25)19-21-10-6-5-7-11-21/h5-7,10-11,14-17,20,23H,4,8-9,12-13,18-19H2,1-3H3. The number of hydrogen-bond acceptors (Lipinski definition) is 5. The van der Waals surface area contributed by atoms with Crippen molar-refractivity contribution >= 4 is 17.1 Å². The smallest absolute Gasteiger partial charge is 0.337 e. The number of benzene rings is 2. The fourth-order valence-corrected chi connectivity index (χ4v) is 5.63. The minimum atomic E-state index is -0.416. The molecule has 1 unspecified atom stereocenters. The number of carbonyl (C=O) groups is 1. The summed E-state index contributed by atoms with van der Waals surface area (Å²) in [5.41, 5.74) is 2.60. The highest BCUT2D eigenvalue weighted by Gasteiger charge is 2.29. The van der Waals surface area contributed by atoms with Gasteiger partial charge in [0.05, 0.1) is 18.7 Å². The van der Waals surface area contributed by atoms with E-state index in [1.165, 1.54) is 11.7 Å². The Kier molecular flexibility index (Phi) is 7.31. The maximum atomic E-state index is 13.9. The molecule has 2 heterocycles.